The highest BCUT2D eigenvalue weighted by Gasteiger charge is 2.53. The van der Waals surface area contributed by atoms with Gasteiger partial charge >= 0.3 is 5.97 Å². The van der Waals surface area contributed by atoms with Crippen molar-refractivity contribution in [2.24, 2.45) is 4.99 Å². The average molecular weight is 668 g/mol. The molecule has 0 radical (unpaired) electrons. The van der Waals surface area contributed by atoms with E-state index in [1.165, 1.54) is 12.1 Å². The third-order valence-corrected chi connectivity index (χ3v) is 7.89. The molecule has 3 N–H and O–H groups in total. The first-order chi connectivity index (χ1) is 23.6. The molecule has 0 saturated carbocycles. The summed E-state index contributed by atoms with van der Waals surface area (Å²) in [6.07, 6.45) is -0.503. The Labute approximate surface area is 286 Å². The predicted octanol–water partition coefficient (Wildman–Crippen LogP) is 6.45. The van der Waals surface area contributed by atoms with Crippen LogP contribution in [0.3, 0.4) is 0 Å². The zero-order valence-corrected chi connectivity index (χ0v) is 27.9. The first-order valence-electron chi connectivity index (χ1n) is 16.3. The number of aliphatic hydroxyl groups excluding tert-OH is 1. The highest BCUT2D eigenvalue weighted by Crippen LogP contribution is 2.44. The fourth-order valence-electron chi connectivity index (χ4n) is 5.47. The Kier molecular flexibility index (Phi) is 11.4. The van der Waals surface area contributed by atoms with Crippen LogP contribution in [0.15, 0.2) is 108 Å². The number of amides is 1. The monoisotopic (exact) mass is 667 g/mol. The van der Waals surface area contributed by atoms with Gasteiger partial charge in [-0.15, -0.1) is 0 Å². The second-order valence-corrected chi connectivity index (χ2v) is 12.8. The molecule has 1 aliphatic heterocycles. The lowest BCUT2D eigenvalue weighted by atomic mass is 9.83. The number of aliphatic imine (C=N–C) groups is 1. The summed E-state index contributed by atoms with van der Waals surface area (Å²) < 4.78 is 31.3. The van der Waals surface area contributed by atoms with Gasteiger partial charge < -0.3 is 19.3 Å². The number of benzene rings is 4. The van der Waals surface area contributed by atoms with Crippen molar-refractivity contribution < 1.29 is 33.3 Å². The Bertz CT molecular complexity index is 1720. The number of aliphatic hydroxyl groups is 1. The van der Waals surface area contributed by atoms with Crippen molar-refractivity contribution >= 4 is 17.8 Å². The van der Waals surface area contributed by atoms with Gasteiger partial charge in [-0.25, -0.2) is 14.8 Å². The van der Waals surface area contributed by atoms with Gasteiger partial charge in [0.15, 0.2) is 11.6 Å². The zero-order valence-electron chi connectivity index (χ0n) is 27.9. The van der Waals surface area contributed by atoms with E-state index in [1.54, 1.807) is 57.2 Å². The van der Waals surface area contributed by atoms with Crippen LogP contribution in [0.25, 0.3) is 11.1 Å². The van der Waals surface area contributed by atoms with Gasteiger partial charge in [0.05, 0.1) is 6.61 Å². The third-order valence-electron chi connectivity index (χ3n) is 7.89. The fourth-order valence-corrected chi connectivity index (χ4v) is 5.47. The van der Waals surface area contributed by atoms with Crippen molar-refractivity contribution in [1.82, 2.24) is 10.9 Å². The minimum atomic E-state index is -1.58. The lowest BCUT2D eigenvalue weighted by molar-refractivity contribution is -0.155. The number of hydrazine groups is 1. The van der Waals surface area contributed by atoms with Crippen LogP contribution in [0.5, 0.6) is 5.75 Å². The van der Waals surface area contributed by atoms with Crippen molar-refractivity contribution in [3.05, 3.63) is 126 Å². The van der Waals surface area contributed by atoms with Crippen molar-refractivity contribution in [2.75, 3.05) is 13.2 Å². The van der Waals surface area contributed by atoms with E-state index in [2.05, 4.69) is 10.9 Å². The minimum absolute atomic E-state index is 0.0110. The molecule has 0 aliphatic carbocycles. The quantitative estimate of drug-likeness (QED) is 0.0804. The van der Waals surface area contributed by atoms with Crippen LogP contribution in [0.4, 0.5) is 4.39 Å². The Morgan fingerprint density at radius 1 is 0.898 bits per heavy atom. The number of nitrogens with one attached hydrogen (secondary N) is 2. The topological polar surface area (TPSA) is 118 Å². The molecule has 0 saturated heterocycles. The van der Waals surface area contributed by atoms with Crippen LogP contribution < -0.4 is 15.6 Å². The summed E-state index contributed by atoms with van der Waals surface area (Å²) in [6, 6.07) is 30.7. The molecule has 2 atom stereocenters. The number of nitrogens with zero attached hydrogens (tertiary/aromatic N) is 1. The van der Waals surface area contributed by atoms with Gasteiger partial charge in [0.1, 0.15) is 17.2 Å². The van der Waals surface area contributed by atoms with Crippen LogP contribution in [0.1, 0.15) is 62.8 Å². The average Bonchev–Trinajstić information content (AvgIpc) is 3.49. The van der Waals surface area contributed by atoms with Crippen molar-refractivity contribution in [3.8, 4) is 16.9 Å². The summed E-state index contributed by atoms with van der Waals surface area (Å²) in [5.41, 5.74) is 7.54. The lowest BCUT2D eigenvalue weighted by Crippen LogP contribution is -2.52. The van der Waals surface area contributed by atoms with E-state index in [4.69, 9.17) is 24.3 Å². The van der Waals surface area contributed by atoms with Crippen LogP contribution >= 0.6 is 0 Å². The number of ether oxygens (including phenoxy) is 3. The molecule has 256 valence electrons. The maximum atomic E-state index is 14.3. The molecule has 5 rings (SSSR count). The van der Waals surface area contributed by atoms with E-state index in [9.17, 15) is 14.0 Å². The Hall–Kier alpha value is -5.06. The largest absolute Gasteiger partial charge is 0.494 e. The van der Waals surface area contributed by atoms with Gasteiger partial charge in [0, 0.05) is 31.6 Å². The molecule has 49 heavy (non-hydrogen) atoms. The molecule has 9 nitrogen and oxygen atoms in total. The standard InChI is InChI=1S/C39H42FN3O6/c1-38(2,3)49-34(45)22-23-39(37(46)43-41-26-27-10-18-32(40)19-11-27)35(30-14-12-29(13-15-30)28-8-5-4-6-9-28)48-36(42-39)31-16-20-33(21-17-31)47-25-7-24-44/h4-6,8-21,35,41,44H,7,22-26H2,1-3H3,(H,43,46)/t35-,39-/m0/s1. The van der Waals surface area contributed by atoms with Crippen molar-refractivity contribution in [1.29, 1.82) is 0 Å². The molecule has 1 aliphatic rings. The second-order valence-electron chi connectivity index (χ2n) is 12.8. The molecular formula is C39H42FN3O6. The summed E-state index contributed by atoms with van der Waals surface area (Å²) in [7, 11) is 0. The molecule has 0 spiro atoms. The smallest absolute Gasteiger partial charge is 0.306 e. The highest BCUT2D eigenvalue weighted by atomic mass is 19.1. The van der Waals surface area contributed by atoms with Gasteiger partial charge in [0.2, 0.25) is 5.90 Å². The molecule has 10 heteroatoms. The van der Waals surface area contributed by atoms with Crippen molar-refractivity contribution in [3.63, 3.8) is 0 Å². The number of hydrogen-bond acceptors (Lipinski definition) is 8. The summed E-state index contributed by atoms with van der Waals surface area (Å²) in [5.74, 6) is -0.483. The zero-order chi connectivity index (χ0) is 34.9. The van der Waals surface area contributed by atoms with E-state index in [1.807, 2.05) is 54.6 Å². The first kappa shape index (κ1) is 35.3. The normalized spacial score (nSPS) is 17.2. The number of esters is 1. The van der Waals surface area contributed by atoms with Crippen LogP contribution in [0, 0.1) is 5.82 Å². The first-order valence-corrected chi connectivity index (χ1v) is 16.3. The predicted molar refractivity (Wildman–Crippen MR) is 185 cm³/mol. The summed E-state index contributed by atoms with van der Waals surface area (Å²) >= 11 is 0. The summed E-state index contributed by atoms with van der Waals surface area (Å²) in [6.45, 7) is 5.98. The summed E-state index contributed by atoms with van der Waals surface area (Å²) in [5, 5.41) is 9.08. The minimum Gasteiger partial charge on any atom is -0.494 e. The maximum Gasteiger partial charge on any atom is 0.306 e. The van der Waals surface area contributed by atoms with Crippen LogP contribution in [-0.2, 0) is 25.6 Å². The van der Waals surface area contributed by atoms with E-state index in [0.29, 0.717) is 29.9 Å². The van der Waals surface area contributed by atoms with E-state index in [0.717, 1.165) is 16.7 Å². The van der Waals surface area contributed by atoms with Gasteiger partial charge in [0.25, 0.3) is 5.91 Å². The van der Waals surface area contributed by atoms with Crippen LogP contribution in [0.2, 0.25) is 0 Å². The van der Waals surface area contributed by atoms with E-state index >= 15 is 0 Å². The number of hydrogen-bond donors (Lipinski definition) is 3. The molecular weight excluding hydrogens is 625 g/mol. The Morgan fingerprint density at radius 2 is 1.55 bits per heavy atom. The molecule has 0 bridgehead atoms. The molecule has 0 unspecified atom stereocenters. The van der Waals surface area contributed by atoms with Crippen LogP contribution in [-0.4, -0.2) is 47.2 Å². The third kappa shape index (κ3) is 9.31. The number of carbonyl (C=O) groups is 2. The molecule has 1 amide bonds. The number of carbonyl (C=O) groups excluding carboxylic acids is 2. The van der Waals surface area contributed by atoms with Gasteiger partial charge in [-0.05, 0) is 85.8 Å². The van der Waals surface area contributed by atoms with Gasteiger partial charge in [-0.1, -0.05) is 66.7 Å². The fraction of sp³-hybridized carbons (Fsp3) is 0.308. The second kappa shape index (κ2) is 15.9. The summed E-state index contributed by atoms with van der Waals surface area (Å²) in [4.78, 5) is 32.3. The molecule has 4 aromatic carbocycles. The molecule has 1 heterocycles. The molecule has 4 aromatic rings. The number of rotatable bonds is 14. The van der Waals surface area contributed by atoms with E-state index < -0.39 is 29.1 Å². The van der Waals surface area contributed by atoms with Gasteiger partial charge in [-0.2, -0.15) is 0 Å². The lowest BCUT2D eigenvalue weighted by Gasteiger charge is -2.31. The Morgan fingerprint density at radius 3 is 2.20 bits per heavy atom. The van der Waals surface area contributed by atoms with Gasteiger partial charge in [-0.3, -0.25) is 15.0 Å². The SMILES string of the molecule is CC(C)(C)OC(=O)CC[C@]1(C(=O)NNCc2ccc(F)cc2)N=C(c2ccc(OCCCO)cc2)O[C@H]1c1ccc(-c2ccccc2)cc1. The van der Waals surface area contributed by atoms with E-state index in [-0.39, 0.29) is 37.7 Å². The maximum absolute atomic E-state index is 14.3. The molecule has 0 aromatic heterocycles. The highest BCUT2D eigenvalue weighted by molar-refractivity contribution is 6.01. The number of halogens is 1. The van der Waals surface area contributed by atoms with Crippen molar-refractivity contribution in [2.45, 2.75) is 63.8 Å². The molecule has 0 fully saturated rings. The Balaban J connectivity index is 1.49.